The highest BCUT2D eigenvalue weighted by Crippen LogP contribution is 2.34. The standard InChI is InChI=1S/C42H47N11O4/c1-50(31-12-14-51(15-13-31)32-8-9-33-28(17-32)24-52(42(33)57)36-10-11-38(54)49-41(36)56)23-25-2-4-30(5-3-25)48-40(55)34-22-44-37(18-35(34)47-29-6-7-29)53-39-27(21-46-53)16-26(19-43)20-45-39/h8-9,16-18,20-22,25,29-31,36H,2-7,10-15,23-24H2,1H3,(H,44,47)(H,48,55)(H,49,54,56). The molecule has 2 saturated carbocycles. The fraction of sp³-hybridized carbons (Fsp3) is 0.476. The highest BCUT2D eigenvalue weighted by atomic mass is 16.2. The predicted molar refractivity (Wildman–Crippen MR) is 212 cm³/mol. The van der Waals surface area contributed by atoms with Crippen LogP contribution in [-0.4, -0.2) is 104 Å². The van der Waals surface area contributed by atoms with Gasteiger partial charge in [0.05, 0.1) is 23.0 Å². The molecule has 9 rings (SSSR count). The molecule has 0 radical (unpaired) electrons. The quantitative estimate of drug-likeness (QED) is 0.199. The minimum Gasteiger partial charge on any atom is -0.382 e. The minimum atomic E-state index is -0.605. The second kappa shape index (κ2) is 15.2. The average molecular weight is 770 g/mol. The lowest BCUT2D eigenvalue weighted by atomic mass is 9.85. The lowest BCUT2D eigenvalue weighted by molar-refractivity contribution is -0.136. The molecule has 1 atom stereocenters. The summed E-state index contributed by atoms with van der Waals surface area (Å²) in [5.41, 5.74) is 5.02. The Labute approximate surface area is 330 Å². The van der Waals surface area contributed by atoms with E-state index in [-0.39, 0.29) is 36.1 Å². The summed E-state index contributed by atoms with van der Waals surface area (Å²) in [5.74, 6) is 0.209. The average Bonchev–Trinajstić information content (AvgIpc) is 3.85. The highest BCUT2D eigenvalue weighted by Gasteiger charge is 2.39. The molecule has 4 fully saturated rings. The van der Waals surface area contributed by atoms with E-state index < -0.39 is 6.04 Å². The summed E-state index contributed by atoms with van der Waals surface area (Å²) >= 11 is 0. The zero-order chi connectivity index (χ0) is 39.2. The van der Waals surface area contributed by atoms with Crippen LogP contribution >= 0.6 is 0 Å². The smallest absolute Gasteiger partial charge is 0.255 e. The first-order valence-corrected chi connectivity index (χ1v) is 20.2. The van der Waals surface area contributed by atoms with Gasteiger partial charge in [-0.25, -0.2) is 9.97 Å². The van der Waals surface area contributed by atoms with Gasteiger partial charge in [-0.2, -0.15) is 15.0 Å². The zero-order valence-electron chi connectivity index (χ0n) is 32.1. The van der Waals surface area contributed by atoms with Gasteiger partial charge < -0.3 is 25.3 Å². The second-order valence-corrected chi connectivity index (χ2v) is 16.4. The van der Waals surface area contributed by atoms with Crippen molar-refractivity contribution in [2.45, 2.75) is 94.9 Å². The van der Waals surface area contributed by atoms with E-state index in [2.05, 4.69) is 60.0 Å². The van der Waals surface area contributed by atoms with E-state index >= 15 is 0 Å². The van der Waals surface area contributed by atoms with Crippen molar-refractivity contribution in [1.29, 1.82) is 5.26 Å². The molecule has 4 amide bonds. The number of nitrogens with zero attached hydrogens (tertiary/aromatic N) is 8. The summed E-state index contributed by atoms with van der Waals surface area (Å²) in [6.45, 7) is 3.29. The first-order valence-electron chi connectivity index (χ1n) is 20.2. The summed E-state index contributed by atoms with van der Waals surface area (Å²) in [6.07, 6.45) is 13.7. The van der Waals surface area contributed by atoms with E-state index in [9.17, 15) is 24.4 Å². The Morgan fingerprint density at radius 1 is 0.947 bits per heavy atom. The number of nitrogens with one attached hydrogen (secondary N) is 3. The van der Waals surface area contributed by atoms with Gasteiger partial charge in [0, 0.05) is 85.8 Å². The molecule has 5 aliphatic rings. The number of rotatable bonds is 10. The molecule has 3 aromatic heterocycles. The summed E-state index contributed by atoms with van der Waals surface area (Å²) in [4.78, 5) is 66.5. The number of fused-ring (bicyclic) bond motifs is 2. The summed E-state index contributed by atoms with van der Waals surface area (Å²) in [6, 6.07) is 12.1. The van der Waals surface area contributed by atoms with Crippen LogP contribution in [0, 0.1) is 17.2 Å². The molecule has 6 heterocycles. The van der Waals surface area contributed by atoms with Crippen molar-refractivity contribution in [3.8, 4) is 11.9 Å². The number of aromatic nitrogens is 4. The SMILES string of the molecule is CN(CC1CCC(NC(=O)c2cnc(-n3ncc4cc(C#N)cnc43)cc2NC2CC2)CC1)C1CCN(c2ccc3c(c2)CN(C2CCC(=O)NC2=O)C3=O)CC1. The van der Waals surface area contributed by atoms with Gasteiger partial charge in [0.1, 0.15) is 12.1 Å². The maximum atomic E-state index is 13.7. The fourth-order valence-corrected chi connectivity index (χ4v) is 9.09. The van der Waals surface area contributed by atoms with Crippen LogP contribution in [-0.2, 0) is 16.1 Å². The molecule has 15 nitrogen and oxygen atoms in total. The Hall–Kier alpha value is -5.88. The van der Waals surface area contributed by atoms with Gasteiger partial charge in [-0.05, 0) is 101 Å². The van der Waals surface area contributed by atoms with Crippen molar-refractivity contribution >= 4 is 46.0 Å². The minimum absolute atomic E-state index is 0.114. The van der Waals surface area contributed by atoms with E-state index in [0.29, 0.717) is 59.1 Å². The third-order valence-corrected chi connectivity index (χ3v) is 12.5. The van der Waals surface area contributed by atoms with E-state index in [1.165, 1.54) is 6.20 Å². The van der Waals surface area contributed by atoms with Gasteiger partial charge in [-0.1, -0.05) is 0 Å². The van der Waals surface area contributed by atoms with Gasteiger partial charge >= 0.3 is 0 Å². The molecule has 3 aliphatic heterocycles. The van der Waals surface area contributed by atoms with Gasteiger partial charge in [-0.3, -0.25) is 24.5 Å². The van der Waals surface area contributed by atoms with Crippen LogP contribution in [0.2, 0.25) is 0 Å². The van der Waals surface area contributed by atoms with Crippen molar-refractivity contribution < 1.29 is 19.2 Å². The number of pyridine rings is 2. The number of piperidine rings is 2. The monoisotopic (exact) mass is 769 g/mol. The maximum absolute atomic E-state index is 13.7. The molecular formula is C42H47N11O4. The number of hydrogen-bond acceptors (Lipinski definition) is 11. The van der Waals surface area contributed by atoms with Crippen LogP contribution in [0.25, 0.3) is 16.9 Å². The first-order chi connectivity index (χ1) is 27.7. The summed E-state index contributed by atoms with van der Waals surface area (Å²) in [7, 11) is 2.25. The molecule has 0 spiro atoms. The molecular weight excluding hydrogens is 723 g/mol. The largest absolute Gasteiger partial charge is 0.382 e. The van der Waals surface area contributed by atoms with E-state index in [1.54, 1.807) is 28.0 Å². The first kappa shape index (κ1) is 36.7. The van der Waals surface area contributed by atoms with Crippen LogP contribution in [0.15, 0.2) is 48.9 Å². The fourth-order valence-electron chi connectivity index (χ4n) is 9.09. The van der Waals surface area contributed by atoms with Crippen molar-refractivity contribution in [2.24, 2.45) is 5.92 Å². The van der Waals surface area contributed by atoms with Crippen LogP contribution < -0.4 is 20.9 Å². The van der Waals surface area contributed by atoms with Crippen LogP contribution in [0.4, 0.5) is 11.4 Å². The van der Waals surface area contributed by atoms with E-state index in [1.807, 2.05) is 18.2 Å². The van der Waals surface area contributed by atoms with Gasteiger partial charge in [-0.15, -0.1) is 0 Å². The predicted octanol–water partition coefficient (Wildman–Crippen LogP) is 3.91. The molecule has 1 aromatic carbocycles. The number of amides is 4. The summed E-state index contributed by atoms with van der Waals surface area (Å²) in [5, 5.41) is 23.7. The number of nitriles is 1. The molecule has 4 aromatic rings. The normalized spacial score (nSPS) is 22.8. The molecule has 294 valence electrons. The molecule has 15 heteroatoms. The Bertz CT molecular complexity index is 2280. The molecule has 1 unspecified atom stereocenters. The van der Waals surface area contributed by atoms with Crippen molar-refractivity contribution in [3.63, 3.8) is 0 Å². The third-order valence-electron chi connectivity index (χ3n) is 12.5. The van der Waals surface area contributed by atoms with E-state index in [0.717, 1.165) is 93.3 Å². The summed E-state index contributed by atoms with van der Waals surface area (Å²) < 4.78 is 1.64. The van der Waals surface area contributed by atoms with Gasteiger partial charge in [0.15, 0.2) is 11.5 Å². The third kappa shape index (κ3) is 7.53. The lowest BCUT2D eigenvalue weighted by Crippen LogP contribution is -2.52. The van der Waals surface area contributed by atoms with Gasteiger partial charge in [0.25, 0.3) is 11.8 Å². The lowest BCUT2D eigenvalue weighted by Gasteiger charge is -2.40. The van der Waals surface area contributed by atoms with Crippen LogP contribution in [0.3, 0.4) is 0 Å². The number of carbonyl (C=O) groups excluding carboxylic acids is 4. The van der Waals surface area contributed by atoms with Crippen molar-refractivity contribution in [1.82, 2.24) is 40.2 Å². The maximum Gasteiger partial charge on any atom is 0.255 e. The Morgan fingerprint density at radius 3 is 2.49 bits per heavy atom. The molecule has 57 heavy (non-hydrogen) atoms. The Kier molecular flexibility index (Phi) is 9.81. The highest BCUT2D eigenvalue weighted by molar-refractivity contribution is 6.05. The number of imide groups is 1. The zero-order valence-corrected chi connectivity index (χ0v) is 32.1. The van der Waals surface area contributed by atoms with E-state index in [4.69, 9.17) is 0 Å². The van der Waals surface area contributed by atoms with Gasteiger partial charge in [0.2, 0.25) is 11.8 Å². The molecule has 3 N–H and O–H groups in total. The van der Waals surface area contributed by atoms with Crippen LogP contribution in [0.5, 0.6) is 0 Å². The number of hydrogen-bond donors (Lipinski definition) is 3. The molecule has 0 bridgehead atoms. The topological polar surface area (TPSA) is 181 Å². The molecule has 2 aliphatic carbocycles. The Balaban J connectivity index is 0.755. The van der Waals surface area contributed by atoms with Crippen LogP contribution in [0.1, 0.15) is 96.1 Å². The second-order valence-electron chi connectivity index (χ2n) is 16.4. The van der Waals surface area contributed by atoms with Crippen molar-refractivity contribution in [3.05, 3.63) is 71.2 Å². The Morgan fingerprint density at radius 2 is 1.74 bits per heavy atom. The number of benzene rings is 1. The molecule has 2 saturated heterocycles. The number of anilines is 2. The van der Waals surface area contributed by atoms with Crippen molar-refractivity contribution in [2.75, 3.05) is 36.9 Å². The number of carbonyl (C=O) groups is 4.